The van der Waals surface area contributed by atoms with Crippen LogP contribution in [0.25, 0.3) is 0 Å². The lowest BCUT2D eigenvalue weighted by molar-refractivity contribution is 1.05. The van der Waals surface area contributed by atoms with Crippen LogP contribution in [-0.2, 0) is 0 Å². The molecular formula is C16H14N4S. The molecule has 0 amide bonds. The first-order valence-corrected chi connectivity index (χ1v) is 6.76. The standard InChI is InChI=1S/C16H14N4S/c1-12-4-2-3-5-15(12)19-16(21)20-18-11-14-8-6-13(10-17)7-9-14/h2-9,11H,1H3,(H2,19,20,21)/b18-11-. The maximum absolute atomic E-state index is 8.72. The Morgan fingerprint density at radius 1 is 1.19 bits per heavy atom. The summed E-state index contributed by atoms with van der Waals surface area (Å²) >= 11 is 5.17. The van der Waals surface area contributed by atoms with Crippen LogP contribution in [0, 0.1) is 18.3 Å². The Bertz CT molecular complexity index is 699. The number of nitrogens with one attached hydrogen (secondary N) is 2. The lowest BCUT2D eigenvalue weighted by Crippen LogP contribution is -2.24. The molecule has 0 aliphatic carbocycles. The summed E-state index contributed by atoms with van der Waals surface area (Å²) in [7, 11) is 0. The number of anilines is 1. The molecule has 0 aromatic heterocycles. The smallest absolute Gasteiger partial charge is 0.191 e. The van der Waals surface area contributed by atoms with Crippen LogP contribution in [0.4, 0.5) is 5.69 Å². The summed E-state index contributed by atoms with van der Waals surface area (Å²) in [5.41, 5.74) is 6.33. The van der Waals surface area contributed by atoms with Crippen molar-refractivity contribution in [2.24, 2.45) is 5.10 Å². The SMILES string of the molecule is Cc1ccccc1NC(=S)N/N=C\c1ccc(C#N)cc1. The fourth-order valence-electron chi connectivity index (χ4n) is 1.67. The van der Waals surface area contributed by atoms with Crippen LogP contribution in [0.15, 0.2) is 53.6 Å². The minimum absolute atomic E-state index is 0.425. The van der Waals surface area contributed by atoms with Gasteiger partial charge in [-0.25, -0.2) is 0 Å². The molecule has 0 unspecified atom stereocenters. The summed E-state index contributed by atoms with van der Waals surface area (Å²) in [4.78, 5) is 0. The Balaban J connectivity index is 1.90. The second-order valence-corrected chi connectivity index (χ2v) is 4.78. The van der Waals surface area contributed by atoms with Gasteiger partial charge in [0, 0.05) is 5.69 Å². The quantitative estimate of drug-likeness (QED) is 0.518. The largest absolute Gasteiger partial charge is 0.331 e. The van der Waals surface area contributed by atoms with Gasteiger partial charge >= 0.3 is 0 Å². The summed E-state index contributed by atoms with van der Waals surface area (Å²) in [6.07, 6.45) is 1.65. The Morgan fingerprint density at radius 2 is 1.90 bits per heavy atom. The van der Waals surface area contributed by atoms with Crippen molar-refractivity contribution in [3.05, 3.63) is 65.2 Å². The van der Waals surface area contributed by atoms with Crippen molar-refractivity contribution in [3.8, 4) is 6.07 Å². The molecule has 104 valence electrons. The molecule has 0 atom stereocenters. The van der Waals surface area contributed by atoms with Gasteiger partial charge in [0.15, 0.2) is 5.11 Å². The highest BCUT2D eigenvalue weighted by molar-refractivity contribution is 7.80. The number of thiocarbonyl (C=S) groups is 1. The van der Waals surface area contributed by atoms with Crippen LogP contribution in [0.3, 0.4) is 0 Å². The van der Waals surface area contributed by atoms with Crippen LogP contribution in [0.5, 0.6) is 0 Å². The topological polar surface area (TPSA) is 60.2 Å². The van der Waals surface area contributed by atoms with Crippen LogP contribution in [0.2, 0.25) is 0 Å². The Morgan fingerprint density at radius 3 is 2.57 bits per heavy atom. The van der Waals surface area contributed by atoms with Crippen molar-refractivity contribution < 1.29 is 0 Å². The maximum atomic E-state index is 8.72. The Hall–Kier alpha value is -2.71. The van der Waals surface area contributed by atoms with E-state index in [-0.39, 0.29) is 0 Å². The molecule has 0 saturated heterocycles. The van der Waals surface area contributed by atoms with Crippen molar-refractivity contribution >= 4 is 29.2 Å². The van der Waals surface area contributed by atoms with Gasteiger partial charge in [-0.3, -0.25) is 5.43 Å². The molecule has 2 rings (SSSR count). The van der Waals surface area contributed by atoms with Gasteiger partial charge in [-0.05, 0) is 48.5 Å². The highest BCUT2D eigenvalue weighted by atomic mass is 32.1. The van der Waals surface area contributed by atoms with Gasteiger partial charge in [-0.2, -0.15) is 10.4 Å². The van der Waals surface area contributed by atoms with Gasteiger partial charge in [-0.1, -0.05) is 30.3 Å². The van der Waals surface area contributed by atoms with Crippen LogP contribution >= 0.6 is 12.2 Å². The van der Waals surface area contributed by atoms with E-state index in [2.05, 4.69) is 21.9 Å². The van der Waals surface area contributed by atoms with Gasteiger partial charge < -0.3 is 5.32 Å². The molecule has 2 aromatic rings. The number of nitriles is 1. The second kappa shape index (κ2) is 7.17. The summed E-state index contributed by atoms with van der Waals surface area (Å²) in [6.45, 7) is 2.00. The summed E-state index contributed by atoms with van der Waals surface area (Å²) in [5, 5.41) is 16.3. The lowest BCUT2D eigenvalue weighted by atomic mass is 10.2. The molecule has 0 aliphatic heterocycles. The van der Waals surface area contributed by atoms with Gasteiger partial charge in [0.05, 0.1) is 17.8 Å². The highest BCUT2D eigenvalue weighted by Crippen LogP contribution is 2.12. The fraction of sp³-hybridized carbons (Fsp3) is 0.0625. The molecule has 4 nitrogen and oxygen atoms in total. The minimum Gasteiger partial charge on any atom is -0.331 e. The van der Waals surface area contributed by atoms with Crippen molar-refractivity contribution in [3.63, 3.8) is 0 Å². The van der Waals surface area contributed by atoms with Crippen molar-refractivity contribution in [1.29, 1.82) is 5.26 Å². The van der Waals surface area contributed by atoms with E-state index in [4.69, 9.17) is 17.5 Å². The minimum atomic E-state index is 0.425. The third-order valence-electron chi connectivity index (χ3n) is 2.81. The molecule has 0 bridgehead atoms. The molecule has 0 heterocycles. The zero-order chi connectivity index (χ0) is 15.1. The predicted molar refractivity (Wildman–Crippen MR) is 89.3 cm³/mol. The number of hydrogen-bond acceptors (Lipinski definition) is 3. The average molecular weight is 294 g/mol. The number of benzene rings is 2. The van der Waals surface area contributed by atoms with Crippen LogP contribution < -0.4 is 10.7 Å². The van der Waals surface area contributed by atoms with Gasteiger partial charge in [0.1, 0.15) is 0 Å². The Labute approximate surface area is 129 Å². The molecule has 2 aromatic carbocycles. The van der Waals surface area contributed by atoms with Crippen molar-refractivity contribution in [2.75, 3.05) is 5.32 Å². The van der Waals surface area contributed by atoms with E-state index in [9.17, 15) is 0 Å². The first kappa shape index (κ1) is 14.7. The fourth-order valence-corrected chi connectivity index (χ4v) is 1.84. The highest BCUT2D eigenvalue weighted by Gasteiger charge is 1.98. The predicted octanol–water partition coefficient (Wildman–Crippen LogP) is 3.19. The van der Waals surface area contributed by atoms with Crippen LogP contribution in [0.1, 0.15) is 16.7 Å². The summed E-state index contributed by atoms with van der Waals surface area (Å²) < 4.78 is 0. The van der Waals surface area contributed by atoms with E-state index in [0.29, 0.717) is 10.7 Å². The van der Waals surface area contributed by atoms with Gasteiger partial charge in [0.2, 0.25) is 0 Å². The number of aryl methyl sites for hydroxylation is 1. The molecule has 0 radical (unpaired) electrons. The number of rotatable bonds is 3. The summed E-state index contributed by atoms with van der Waals surface area (Å²) in [5.74, 6) is 0. The average Bonchev–Trinajstić information content (AvgIpc) is 2.50. The molecule has 21 heavy (non-hydrogen) atoms. The van der Waals surface area contributed by atoms with E-state index in [1.54, 1.807) is 18.3 Å². The second-order valence-electron chi connectivity index (χ2n) is 4.37. The van der Waals surface area contributed by atoms with Crippen molar-refractivity contribution in [2.45, 2.75) is 6.92 Å². The molecular weight excluding hydrogens is 280 g/mol. The summed E-state index contributed by atoms with van der Waals surface area (Å²) in [6, 6.07) is 17.1. The molecule has 0 fully saturated rings. The number of hydrazone groups is 1. The first-order valence-electron chi connectivity index (χ1n) is 6.35. The van der Waals surface area contributed by atoms with Gasteiger partial charge in [-0.15, -0.1) is 0 Å². The molecule has 2 N–H and O–H groups in total. The molecule has 0 aliphatic rings. The molecule has 5 heteroatoms. The maximum Gasteiger partial charge on any atom is 0.191 e. The Kier molecular flexibility index (Phi) is 5.02. The lowest BCUT2D eigenvalue weighted by Gasteiger charge is -2.09. The number of hydrogen-bond donors (Lipinski definition) is 2. The molecule has 0 spiro atoms. The normalized spacial score (nSPS) is 10.1. The van der Waals surface area contributed by atoms with E-state index in [1.807, 2.05) is 43.3 Å². The third kappa shape index (κ3) is 4.41. The first-order chi connectivity index (χ1) is 10.2. The van der Waals surface area contributed by atoms with Gasteiger partial charge in [0.25, 0.3) is 0 Å². The third-order valence-corrected chi connectivity index (χ3v) is 3.01. The zero-order valence-corrected chi connectivity index (χ0v) is 12.3. The van der Waals surface area contributed by atoms with E-state index < -0.39 is 0 Å². The number of para-hydroxylation sites is 1. The number of nitrogens with zero attached hydrogens (tertiary/aromatic N) is 2. The monoisotopic (exact) mass is 294 g/mol. The zero-order valence-electron chi connectivity index (χ0n) is 11.5. The van der Waals surface area contributed by atoms with Crippen molar-refractivity contribution in [1.82, 2.24) is 5.43 Å². The van der Waals surface area contributed by atoms with E-state index >= 15 is 0 Å². The van der Waals surface area contributed by atoms with E-state index in [0.717, 1.165) is 16.8 Å². The molecule has 0 saturated carbocycles. The van der Waals surface area contributed by atoms with E-state index in [1.165, 1.54) is 0 Å². The van der Waals surface area contributed by atoms with Crippen LogP contribution in [-0.4, -0.2) is 11.3 Å².